The summed E-state index contributed by atoms with van der Waals surface area (Å²) in [7, 11) is 4.73. The van der Waals surface area contributed by atoms with Crippen LogP contribution in [0.3, 0.4) is 0 Å². The van der Waals surface area contributed by atoms with Crippen LogP contribution in [0, 0.1) is 0 Å². The summed E-state index contributed by atoms with van der Waals surface area (Å²) in [6.07, 6.45) is 0. The van der Waals surface area contributed by atoms with Crippen molar-refractivity contribution < 1.29 is 19.1 Å². The fraction of sp³-hybridized carbons (Fsp3) is 0.267. The molecule has 0 unspecified atom stereocenters. The number of carbonyl (C=O) groups is 2. The molecule has 0 saturated carbocycles. The second-order valence-corrected chi connectivity index (χ2v) is 5.75. The number of methoxy groups -OCH3 is 1. The Morgan fingerprint density at radius 1 is 1.33 bits per heavy atom. The lowest BCUT2D eigenvalue weighted by molar-refractivity contribution is 0.0996. The highest BCUT2D eigenvalue weighted by molar-refractivity contribution is 7.11. The molecule has 0 saturated heterocycles. The predicted octanol–water partition coefficient (Wildman–Crippen LogP) is 1.92. The molecule has 1 heterocycles. The van der Waals surface area contributed by atoms with Gasteiger partial charge in [-0.3, -0.25) is 10.1 Å². The van der Waals surface area contributed by atoms with Gasteiger partial charge < -0.3 is 20.1 Å². The lowest BCUT2D eigenvalue weighted by Crippen LogP contribution is -2.28. The van der Waals surface area contributed by atoms with Crippen LogP contribution in [0.25, 0.3) is 0 Å². The number of benzene rings is 1. The van der Waals surface area contributed by atoms with E-state index < -0.39 is 11.9 Å². The first kappa shape index (κ1) is 17.5. The molecule has 0 aliphatic rings. The summed E-state index contributed by atoms with van der Waals surface area (Å²) in [5.41, 5.74) is 6.24. The molecule has 1 aromatic heterocycles. The Morgan fingerprint density at radius 3 is 2.67 bits per heavy atom. The fourth-order valence-electron chi connectivity index (χ4n) is 1.85. The van der Waals surface area contributed by atoms with E-state index in [0.29, 0.717) is 5.75 Å². The second-order valence-electron chi connectivity index (χ2n) is 4.98. The summed E-state index contributed by atoms with van der Waals surface area (Å²) < 4.78 is 14.9. The fourth-order valence-corrected chi connectivity index (χ4v) is 2.58. The third-order valence-electron chi connectivity index (χ3n) is 3.09. The van der Waals surface area contributed by atoms with E-state index in [2.05, 4.69) is 9.69 Å². The summed E-state index contributed by atoms with van der Waals surface area (Å²) in [5, 5.41) is 2.82. The number of urea groups is 1. The Kier molecular flexibility index (Phi) is 5.59. The standard InChI is InChI=1S/C15H18N4O4S/c1-19(2)15(21)17-14-11(12(16)20)13(18-24-14)23-8-9-6-4-5-7-10(9)22-3/h4-7H,8H2,1-3H3,(H2,16,20)(H,17,21). The number of hydrogen-bond acceptors (Lipinski definition) is 6. The zero-order valence-electron chi connectivity index (χ0n) is 13.5. The number of nitrogens with two attached hydrogens (primary N) is 1. The molecule has 2 rings (SSSR count). The lowest BCUT2D eigenvalue weighted by Gasteiger charge is -2.11. The van der Waals surface area contributed by atoms with Crippen LogP contribution in [-0.2, 0) is 6.61 Å². The summed E-state index contributed by atoms with van der Waals surface area (Å²) in [6.45, 7) is 0.148. The van der Waals surface area contributed by atoms with Crippen molar-refractivity contribution in [3.8, 4) is 11.6 Å². The van der Waals surface area contributed by atoms with Crippen LogP contribution in [0.2, 0.25) is 0 Å². The lowest BCUT2D eigenvalue weighted by atomic mass is 10.2. The Morgan fingerprint density at radius 2 is 2.04 bits per heavy atom. The zero-order chi connectivity index (χ0) is 17.7. The van der Waals surface area contributed by atoms with Crippen molar-refractivity contribution >= 4 is 28.5 Å². The SMILES string of the molecule is COc1ccccc1COc1nsc(NC(=O)N(C)C)c1C(N)=O. The van der Waals surface area contributed by atoms with E-state index in [9.17, 15) is 9.59 Å². The first-order chi connectivity index (χ1) is 11.4. The second kappa shape index (κ2) is 7.64. The van der Waals surface area contributed by atoms with E-state index in [-0.39, 0.29) is 23.1 Å². The van der Waals surface area contributed by atoms with Gasteiger partial charge in [-0.15, -0.1) is 0 Å². The molecule has 0 atom stereocenters. The highest BCUT2D eigenvalue weighted by Gasteiger charge is 2.22. The van der Waals surface area contributed by atoms with Crippen LogP contribution in [0.4, 0.5) is 9.80 Å². The molecule has 0 aliphatic heterocycles. The highest BCUT2D eigenvalue weighted by atomic mass is 32.1. The van der Waals surface area contributed by atoms with Crippen molar-refractivity contribution in [1.82, 2.24) is 9.27 Å². The first-order valence-electron chi connectivity index (χ1n) is 6.96. The number of amides is 3. The van der Waals surface area contributed by atoms with Crippen LogP contribution < -0.4 is 20.5 Å². The summed E-state index contributed by atoms with van der Waals surface area (Å²) >= 11 is 0.930. The Labute approximate surface area is 143 Å². The highest BCUT2D eigenvalue weighted by Crippen LogP contribution is 2.31. The number of primary amides is 1. The molecule has 24 heavy (non-hydrogen) atoms. The van der Waals surface area contributed by atoms with Crippen LogP contribution in [0.5, 0.6) is 11.6 Å². The first-order valence-corrected chi connectivity index (χ1v) is 7.73. The van der Waals surface area contributed by atoms with Gasteiger partial charge in [-0.2, -0.15) is 4.37 Å². The molecule has 0 fully saturated rings. The number of nitrogens with one attached hydrogen (secondary N) is 1. The van der Waals surface area contributed by atoms with Gasteiger partial charge in [0.05, 0.1) is 7.11 Å². The summed E-state index contributed by atoms with van der Waals surface area (Å²) in [6, 6.07) is 6.94. The van der Waals surface area contributed by atoms with Gasteiger partial charge in [-0.05, 0) is 17.6 Å². The quantitative estimate of drug-likeness (QED) is 0.828. The van der Waals surface area contributed by atoms with Gasteiger partial charge in [-0.1, -0.05) is 18.2 Å². The third-order valence-corrected chi connectivity index (χ3v) is 3.84. The van der Waals surface area contributed by atoms with Gasteiger partial charge in [-0.25, -0.2) is 4.79 Å². The molecule has 128 valence electrons. The van der Waals surface area contributed by atoms with Gasteiger partial charge in [0.2, 0.25) is 5.88 Å². The van der Waals surface area contributed by atoms with E-state index in [4.69, 9.17) is 15.2 Å². The van der Waals surface area contributed by atoms with Gasteiger partial charge in [0.25, 0.3) is 5.91 Å². The maximum atomic E-state index is 11.7. The molecule has 0 bridgehead atoms. The summed E-state index contributed by atoms with van der Waals surface area (Å²) in [5.74, 6) is 0.00906. The molecule has 0 spiro atoms. The number of anilines is 1. The van der Waals surface area contributed by atoms with Gasteiger partial charge in [0.1, 0.15) is 22.9 Å². The Hall–Kier alpha value is -2.81. The van der Waals surface area contributed by atoms with E-state index >= 15 is 0 Å². The number of hydrogen-bond donors (Lipinski definition) is 2. The van der Waals surface area contributed by atoms with Crippen molar-refractivity contribution in [1.29, 1.82) is 0 Å². The Balaban J connectivity index is 2.20. The smallest absolute Gasteiger partial charge is 0.321 e. The molecule has 8 nitrogen and oxygen atoms in total. The van der Waals surface area contributed by atoms with Crippen molar-refractivity contribution in [2.24, 2.45) is 5.73 Å². The number of para-hydroxylation sites is 1. The molecule has 3 N–H and O–H groups in total. The molecule has 0 aliphatic carbocycles. The minimum Gasteiger partial charge on any atom is -0.496 e. The minimum absolute atomic E-state index is 0.0464. The molecular formula is C15H18N4O4S. The monoisotopic (exact) mass is 350 g/mol. The molecule has 0 radical (unpaired) electrons. The zero-order valence-corrected chi connectivity index (χ0v) is 14.3. The molecule has 2 aromatic rings. The molecule has 3 amide bonds. The van der Waals surface area contributed by atoms with Crippen LogP contribution in [-0.4, -0.2) is 42.4 Å². The summed E-state index contributed by atoms with van der Waals surface area (Å²) in [4.78, 5) is 24.8. The van der Waals surface area contributed by atoms with E-state index in [0.717, 1.165) is 17.1 Å². The number of nitrogens with zero attached hydrogens (tertiary/aromatic N) is 2. The number of carbonyl (C=O) groups excluding carboxylic acids is 2. The van der Waals surface area contributed by atoms with Gasteiger partial charge in [0.15, 0.2) is 0 Å². The molecular weight excluding hydrogens is 332 g/mol. The van der Waals surface area contributed by atoms with E-state index in [1.807, 2.05) is 18.2 Å². The van der Waals surface area contributed by atoms with Crippen LogP contribution in [0.1, 0.15) is 15.9 Å². The van der Waals surface area contributed by atoms with Crippen LogP contribution in [0.15, 0.2) is 24.3 Å². The largest absolute Gasteiger partial charge is 0.496 e. The third kappa shape index (κ3) is 3.93. The maximum absolute atomic E-state index is 11.7. The topological polar surface area (TPSA) is 107 Å². The van der Waals surface area contributed by atoms with Crippen molar-refractivity contribution in [2.75, 3.05) is 26.5 Å². The van der Waals surface area contributed by atoms with Crippen LogP contribution >= 0.6 is 11.5 Å². The van der Waals surface area contributed by atoms with Crippen molar-refractivity contribution in [3.63, 3.8) is 0 Å². The Bertz CT molecular complexity index is 745. The predicted molar refractivity (Wildman–Crippen MR) is 90.7 cm³/mol. The van der Waals surface area contributed by atoms with E-state index in [1.54, 1.807) is 27.3 Å². The average molecular weight is 350 g/mol. The normalized spacial score (nSPS) is 10.1. The van der Waals surface area contributed by atoms with Crippen molar-refractivity contribution in [3.05, 3.63) is 35.4 Å². The van der Waals surface area contributed by atoms with Gasteiger partial charge >= 0.3 is 6.03 Å². The molecule has 9 heteroatoms. The number of ether oxygens (including phenoxy) is 2. The minimum atomic E-state index is -0.729. The number of rotatable bonds is 6. The molecule has 1 aromatic carbocycles. The average Bonchev–Trinajstić information content (AvgIpc) is 2.95. The maximum Gasteiger partial charge on any atom is 0.321 e. The van der Waals surface area contributed by atoms with Crippen molar-refractivity contribution in [2.45, 2.75) is 6.61 Å². The number of aromatic nitrogens is 1. The van der Waals surface area contributed by atoms with E-state index in [1.165, 1.54) is 4.90 Å². The van der Waals surface area contributed by atoms with Gasteiger partial charge in [0, 0.05) is 19.7 Å².